The minimum absolute atomic E-state index is 0.357. The van der Waals surface area contributed by atoms with Crippen LogP contribution in [0, 0.1) is 0 Å². The molecule has 0 spiro atoms. The lowest BCUT2D eigenvalue weighted by atomic mass is 10.1. The molecular formula is C16H34O2S. The van der Waals surface area contributed by atoms with E-state index in [9.17, 15) is 0 Å². The van der Waals surface area contributed by atoms with Gasteiger partial charge >= 0.3 is 0 Å². The summed E-state index contributed by atoms with van der Waals surface area (Å²) in [6.45, 7) is 0.714. The van der Waals surface area contributed by atoms with Gasteiger partial charge in [0.1, 0.15) is 0 Å². The molecule has 2 nitrogen and oxygen atoms in total. The van der Waals surface area contributed by atoms with Crippen LogP contribution >= 0.6 is 11.8 Å². The van der Waals surface area contributed by atoms with Crippen LogP contribution in [0.1, 0.15) is 77.0 Å². The zero-order valence-corrected chi connectivity index (χ0v) is 13.4. The van der Waals surface area contributed by atoms with E-state index in [1.807, 2.05) is 0 Å². The average Bonchev–Trinajstić information content (AvgIpc) is 2.43. The number of unbranched alkanes of at least 4 members (excludes halogenated alkanes) is 10. The maximum absolute atomic E-state index is 8.66. The molecular weight excluding hydrogens is 256 g/mol. The lowest BCUT2D eigenvalue weighted by Crippen LogP contribution is -1.88. The topological polar surface area (TPSA) is 40.5 Å². The van der Waals surface area contributed by atoms with Crippen LogP contribution in [0.25, 0.3) is 0 Å². The lowest BCUT2D eigenvalue weighted by Gasteiger charge is -2.03. The molecule has 0 aliphatic rings. The second kappa shape index (κ2) is 18.3. The number of thioether (sulfide) groups is 1. The first kappa shape index (κ1) is 19.3. The highest BCUT2D eigenvalue weighted by molar-refractivity contribution is 7.99. The first-order chi connectivity index (χ1) is 9.41. The highest BCUT2D eigenvalue weighted by Crippen LogP contribution is 2.13. The predicted molar refractivity (Wildman–Crippen MR) is 86.9 cm³/mol. The predicted octanol–water partition coefficient (Wildman–Crippen LogP) is 4.39. The van der Waals surface area contributed by atoms with Gasteiger partial charge in [-0.2, -0.15) is 11.8 Å². The summed E-state index contributed by atoms with van der Waals surface area (Å²) < 4.78 is 0. The third-order valence-corrected chi connectivity index (χ3v) is 4.55. The largest absolute Gasteiger partial charge is 0.396 e. The molecule has 0 aromatic carbocycles. The molecule has 0 unspecified atom stereocenters. The molecule has 0 bridgehead atoms. The molecule has 0 aliphatic carbocycles. The van der Waals surface area contributed by atoms with E-state index in [0.717, 1.165) is 12.8 Å². The van der Waals surface area contributed by atoms with Crippen molar-refractivity contribution in [3.63, 3.8) is 0 Å². The van der Waals surface area contributed by atoms with Gasteiger partial charge < -0.3 is 10.2 Å². The van der Waals surface area contributed by atoms with Crippen LogP contribution in [0.15, 0.2) is 0 Å². The number of hydrogen-bond donors (Lipinski definition) is 2. The molecule has 0 amide bonds. The van der Waals surface area contributed by atoms with Gasteiger partial charge in [0.15, 0.2) is 0 Å². The van der Waals surface area contributed by atoms with Crippen molar-refractivity contribution in [1.82, 2.24) is 0 Å². The van der Waals surface area contributed by atoms with Gasteiger partial charge in [0, 0.05) is 13.2 Å². The van der Waals surface area contributed by atoms with Crippen molar-refractivity contribution in [3.8, 4) is 0 Å². The molecule has 0 aromatic rings. The van der Waals surface area contributed by atoms with E-state index in [-0.39, 0.29) is 0 Å². The van der Waals surface area contributed by atoms with Crippen molar-refractivity contribution in [1.29, 1.82) is 0 Å². The van der Waals surface area contributed by atoms with E-state index >= 15 is 0 Å². The van der Waals surface area contributed by atoms with Gasteiger partial charge in [0.2, 0.25) is 0 Å². The SMILES string of the molecule is OCCCCCCCCSCCCCCCCCO. The minimum atomic E-state index is 0.357. The van der Waals surface area contributed by atoms with Crippen LogP contribution in [0.5, 0.6) is 0 Å². The third kappa shape index (κ3) is 18.3. The van der Waals surface area contributed by atoms with Gasteiger partial charge in [-0.25, -0.2) is 0 Å². The van der Waals surface area contributed by atoms with Gasteiger partial charge in [0.05, 0.1) is 0 Å². The van der Waals surface area contributed by atoms with Crippen LogP contribution in [0.3, 0.4) is 0 Å². The van der Waals surface area contributed by atoms with Crippen LogP contribution < -0.4 is 0 Å². The smallest absolute Gasteiger partial charge is 0.0431 e. The number of aliphatic hydroxyl groups is 2. The Kier molecular flexibility index (Phi) is 18.5. The van der Waals surface area contributed by atoms with Crippen molar-refractivity contribution < 1.29 is 10.2 Å². The molecule has 0 atom stereocenters. The van der Waals surface area contributed by atoms with Gasteiger partial charge in [-0.1, -0.05) is 51.4 Å². The van der Waals surface area contributed by atoms with Crippen LogP contribution in [0.4, 0.5) is 0 Å². The average molecular weight is 291 g/mol. The van der Waals surface area contributed by atoms with Crippen LogP contribution in [0.2, 0.25) is 0 Å². The minimum Gasteiger partial charge on any atom is -0.396 e. The summed E-state index contributed by atoms with van der Waals surface area (Å²) in [6, 6.07) is 0. The number of aliphatic hydroxyl groups excluding tert-OH is 2. The second-order valence-corrected chi connectivity index (χ2v) is 6.53. The first-order valence-corrected chi connectivity index (χ1v) is 9.36. The summed E-state index contributed by atoms with van der Waals surface area (Å²) in [5, 5.41) is 17.3. The highest BCUT2D eigenvalue weighted by atomic mass is 32.2. The Balaban J connectivity index is 2.88. The molecule has 2 N–H and O–H groups in total. The number of hydrogen-bond acceptors (Lipinski definition) is 3. The Morgan fingerprint density at radius 3 is 1.11 bits per heavy atom. The molecule has 0 heterocycles. The second-order valence-electron chi connectivity index (χ2n) is 5.30. The summed E-state index contributed by atoms with van der Waals surface area (Å²) in [7, 11) is 0. The highest BCUT2D eigenvalue weighted by Gasteiger charge is 1.94. The van der Waals surface area contributed by atoms with Crippen molar-refractivity contribution in [2.45, 2.75) is 77.0 Å². The summed E-state index contributed by atoms with van der Waals surface area (Å²) in [6.07, 6.45) is 15.1. The molecule has 0 rings (SSSR count). The standard InChI is InChI=1S/C16H34O2S/c17-13-9-5-1-3-7-11-15-19-16-12-8-4-2-6-10-14-18/h17-18H,1-16H2. The van der Waals surface area contributed by atoms with Crippen molar-refractivity contribution >= 4 is 11.8 Å². The monoisotopic (exact) mass is 290 g/mol. The molecule has 19 heavy (non-hydrogen) atoms. The van der Waals surface area contributed by atoms with E-state index in [1.54, 1.807) is 0 Å². The maximum atomic E-state index is 8.66. The summed E-state index contributed by atoms with van der Waals surface area (Å²) in [5.74, 6) is 2.65. The molecule has 3 heteroatoms. The van der Waals surface area contributed by atoms with Crippen LogP contribution in [-0.4, -0.2) is 34.9 Å². The molecule has 0 aromatic heterocycles. The fourth-order valence-corrected chi connectivity index (χ4v) is 3.17. The van der Waals surface area contributed by atoms with E-state index in [0.29, 0.717) is 13.2 Å². The fourth-order valence-electron chi connectivity index (χ4n) is 2.15. The Morgan fingerprint density at radius 2 is 0.737 bits per heavy atom. The third-order valence-electron chi connectivity index (χ3n) is 3.39. The number of rotatable bonds is 16. The fraction of sp³-hybridized carbons (Fsp3) is 1.00. The maximum Gasteiger partial charge on any atom is 0.0431 e. The summed E-state index contributed by atoms with van der Waals surface area (Å²) >= 11 is 2.11. The molecule has 0 saturated heterocycles. The Labute approximate surface area is 124 Å². The Morgan fingerprint density at radius 1 is 0.421 bits per heavy atom. The molecule has 0 saturated carbocycles. The Hall–Kier alpha value is 0.270. The van der Waals surface area contributed by atoms with Gasteiger partial charge in [-0.15, -0.1) is 0 Å². The van der Waals surface area contributed by atoms with Gasteiger partial charge in [-0.3, -0.25) is 0 Å². The normalized spacial score (nSPS) is 11.1. The van der Waals surface area contributed by atoms with E-state index < -0.39 is 0 Å². The van der Waals surface area contributed by atoms with Crippen LogP contribution in [-0.2, 0) is 0 Å². The van der Waals surface area contributed by atoms with Gasteiger partial charge in [-0.05, 0) is 37.2 Å². The zero-order valence-electron chi connectivity index (χ0n) is 12.6. The van der Waals surface area contributed by atoms with Crippen molar-refractivity contribution in [2.75, 3.05) is 24.7 Å². The van der Waals surface area contributed by atoms with E-state index in [2.05, 4.69) is 11.8 Å². The molecule has 0 aliphatic heterocycles. The lowest BCUT2D eigenvalue weighted by molar-refractivity contribution is 0.282. The van der Waals surface area contributed by atoms with Crippen molar-refractivity contribution in [2.24, 2.45) is 0 Å². The van der Waals surface area contributed by atoms with E-state index in [1.165, 1.54) is 75.7 Å². The Bertz CT molecular complexity index is 138. The summed E-state index contributed by atoms with van der Waals surface area (Å²) in [4.78, 5) is 0. The van der Waals surface area contributed by atoms with Gasteiger partial charge in [0.25, 0.3) is 0 Å². The zero-order chi connectivity index (χ0) is 14.0. The molecule has 0 fully saturated rings. The summed E-state index contributed by atoms with van der Waals surface area (Å²) in [5.41, 5.74) is 0. The van der Waals surface area contributed by atoms with Crippen molar-refractivity contribution in [3.05, 3.63) is 0 Å². The quantitative estimate of drug-likeness (QED) is 0.414. The van der Waals surface area contributed by atoms with E-state index in [4.69, 9.17) is 10.2 Å². The first-order valence-electron chi connectivity index (χ1n) is 8.21. The molecule has 116 valence electrons. The molecule has 0 radical (unpaired) electrons.